The van der Waals surface area contributed by atoms with E-state index in [1.807, 2.05) is 12.1 Å². The summed E-state index contributed by atoms with van der Waals surface area (Å²) in [4.78, 5) is 2.29. The molecule has 0 aliphatic heterocycles. The van der Waals surface area contributed by atoms with Crippen LogP contribution in [0.5, 0.6) is 17.2 Å². The van der Waals surface area contributed by atoms with Gasteiger partial charge in [-0.3, -0.25) is 0 Å². The van der Waals surface area contributed by atoms with Crippen molar-refractivity contribution >= 4 is 24.1 Å². The van der Waals surface area contributed by atoms with Gasteiger partial charge in [0.2, 0.25) is 10.5 Å². The van der Waals surface area contributed by atoms with Crippen LogP contribution >= 0.6 is 12.2 Å². The smallest absolute Gasteiger partial charge is 0.216 e. The molecule has 1 aromatic heterocycles. The molecule has 0 aliphatic carbocycles. The summed E-state index contributed by atoms with van der Waals surface area (Å²) in [6.45, 7) is 6.22. The number of benzene rings is 2. The molecular weight excluding hydrogens is 414 g/mol. The molecule has 0 bridgehead atoms. The van der Waals surface area contributed by atoms with Gasteiger partial charge in [-0.15, -0.1) is 0 Å². The van der Waals surface area contributed by atoms with Crippen molar-refractivity contribution in [2.45, 2.75) is 13.8 Å². The van der Waals surface area contributed by atoms with Crippen LogP contribution in [0.25, 0.3) is 11.4 Å². The third kappa shape index (κ3) is 4.72. The minimum Gasteiger partial charge on any atom is -0.493 e. The van der Waals surface area contributed by atoms with E-state index in [9.17, 15) is 0 Å². The molecule has 0 saturated carbocycles. The monoisotopic (exact) mass is 441 g/mol. The fourth-order valence-electron chi connectivity index (χ4n) is 3.28. The normalized spacial score (nSPS) is 11.0. The molecule has 2 aromatic carbocycles. The zero-order chi connectivity index (χ0) is 22.4. The summed E-state index contributed by atoms with van der Waals surface area (Å²) < 4.78 is 18.2. The molecule has 1 N–H and O–H groups in total. The Bertz CT molecular complexity index is 1080. The molecule has 0 spiro atoms. The van der Waals surface area contributed by atoms with E-state index < -0.39 is 0 Å². The van der Waals surface area contributed by atoms with Gasteiger partial charge in [-0.05, 0) is 55.9 Å². The molecule has 1 heterocycles. The van der Waals surface area contributed by atoms with Crippen molar-refractivity contribution in [2.24, 2.45) is 5.10 Å². The molecule has 164 valence electrons. The Labute approximate surface area is 187 Å². The summed E-state index contributed by atoms with van der Waals surface area (Å²) in [7, 11) is 4.70. The van der Waals surface area contributed by atoms with Crippen LogP contribution in [0.15, 0.2) is 41.5 Å². The first-order chi connectivity index (χ1) is 15.1. The number of methoxy groups -OCH3 is 3. The zero-order valence-corrected chi connectivity index (χ0v) is 19.2. The van der Waals surface area contributed by atoms with Crippen molar-refractivity contribution in [2.75, 3.05) is 39.3 Å². The van der Waals surface area contributed by atoms with E-state index in [2.05, 4.69) is 46.2 Å². The minimum atomic E-state index is 0.375. The first-order valence-corrected chi connectivity index (χ1v) is 10.3. The number of nitrogens with zero attached hydrogens (tertiary/aromatic N) is 4. The highest BCUT2D eigenvalue weighted by molar-refractivity contribution is 7.71. The number of aromatic amines is 1. The van der Waals surface area contributed by atoms with E-state index in [1.54, 1.807) is 44.4 Å². The van der Waals surface area contributed by atoms with E-state index in [4.69, 9.17) is 26.4 Å². The van der Waals surface area contributed by atoms with Crippen LogP contribution in [0.1, 0.15) is 19.4 Å². The van der Waals surface area contributed by atoms with E-state index in [1.165, 1.54) is 5.69 Å². The maximum absolute atomic E-state index is 5.45. The average Bonchev–Trinajstić information content (AvgIpc) is 3.18. The Morgan fingerprint density at radius 1 is 1.03 bits per heavy atom. The van der Waals surface area contributed by atoms with Crippen molar-refractivity contribution < 1.29 is 14.2 Å². The summed E-state index contributed by atoms with van der Waals surface area (Å²) in [5.41, 5.74) is 2.85. The first kappa shape index (κ1) is 22.4. The molecule has 0 aliphatic rings. The molecule has 3 rings (SSSR count). The predicted molar refractivity (Wildman–Crippen MR) is 125 cm³/mol. The van der Waals surface area contributed by atoms with Gasteiger partial charge in [0.05, 0.1) is 27.5 Å². The average molecular weight is 442 g/mol. The number of H-pyrrole nitrogens is 1. The lowest BCUT2D eigenvalue weighted by Gasteiger charge is -2.20. The van der Waals surface area contributed by atoms with Crippen LogP contribution in [-0.2, 0) is 0 Å². The van der Waals surface area contributed by atoms with Gasteiger partial charge in [-0.2, -0.15) is 14.9 Å². The van der Waals surface area contributed by atoms with Crippen molar-refractivity contribution in [1.82, 2.24) is 14.9 Å². The molecule has 0 radical (unpaired) electrons. The van der Waals surface area contributed by atoms with Gasteiger partial charge >= 0.3 is 0 Å². The largest absolute Gasteiger partial charge is 0.493 e. The molecule has 3 aromatic rings. The van der Waals surface area contributed by atoms with Crippen LogP contribution in [0.2, 0.25) is 0 Å². The number of hydrogen-bond donors (Lipinski definition) is 1. The van der Waals surface area contributed by atoms with E-state index in [-0.39, 0.29) is 0 Å². The number of hydrogen-bond acceptors (Lipinski definition) is 7. The van der Waals surface area contributed by atoms with Crippen molar-refractivity contribution in [3.63, 3.8) is 0 Å². The maximum Gasteiger partial charge on any atom is 0.216 e. The summed E-state index contributed by atoms with van der Waals surface area (Å²) in [5, 5.41) is 11.7. The molecule has 8 nitrogen and oxygen atoms in total. The number of anilines is 1. The van der Waals surface area contributed by atoms with E-state index in [0.29, 0.717) is 27.8 Å². The Kier molecular flexibility index (Phi) is 7.30. The quantitative estimate of drug-likeness (QED) is 0.393. The summed E-state index contributed by atoms with van der Waals surface area (Å²) in [5.74, 6) is 2.08. The van der Waals surface area contributed by atoms with E-state index >= 15 is 0 Å². The highest BCUT2D eigenvalue weighted by Gasteiger charge is 2.17. The maximum atomic E-state index is 5.45. The Hall–Kier alpha value is -3.33. The molecule has 0 unspecified atom stereocenters. The minimum absolute atomic E-state index is 0.375. The third-order valence-electron chi connectivity index (χ3n) is 4.92. The van der Waals surface area contributed by atoms with Gasteiger partial charge in [-0.1, -0.05) is 12.1 Å². The Balaban J connectivity index is 1.96. The second-order valence-corrected chi connectivity index (χ2v) is 6.97. The van der Waals surface area contributed by atoms with Crippen LogP contribution in [0, 0.1) is 4.77 Å². The molecule has 0 saturated heterocycles. The zero-order valence-electron chi connectivity index (χ0n) is 18.4. The van der Waals surface area contributed by atoms with Crippen molar-refractivity contribution in [1.29, 1.82) is 0 Å². The Morgan fingerprint density at radius 2 is 1.65 bits per heavy atom. The summed E-state index contributed by atoms with van der Waals surface area (Å²) >= 11 is 5.38. The van der Waals surface area contributed by atoms with Crippen LogP contribution in [-0.4, -0.2) is 55.5 Å². The lowest BCUT2D eigenvalue weighted by atomic mass is 10.1. The fourth-order valence-corrected chi connectivity index (χ4v) is 3.46. The number of rotatable bonds is 9. The van der Waals surface area contributed by atoms with Crippen LogP contribution in [0.4, 0.5) is 5.69 Å². The highest BCUT2D eigenvalue weighted by atomic mass is 32.1. The number of aromatic nitrogens is 3. The van der Waals surface area contributed by atoms with Crippen molar-refractivity contribution in [3.8, 4) is 28.6 Å². The Morgan fingerprint density at radius 3 is 2.16 bits per heavy atom. The topological polar surface area (TPSA) is 76.9 Å². The molecule has 0 atom stereocenters. The van der Waals surface area contributed by atoms with E-state index in [0.717, 1.165) is 24.2 Å². The van der Waals surface area contributed by atoms with Crippen LogP contribution < -0.4 is 19.1 Å². The first-order valence-electron chi connectivity index (χ1n) is 9.93. The van der Waals surface area contributed by atoms with Gasteiger partial charge in [0.15, 0.2) is 17.3 Å². The highest BCUT2D eigenvalue weighted by Crippen LogP contribution is 2.40. The SMILES string of the molecule is CCN(CC)c1ccc(/C=N\n2c(-c3cc(OC)c(OC)c(OC)c3)n[nH]c2=S)cc1. The standard InChI is InChI=1S/C22H27N5O3S/c1-6-26(7-2)17-10-8-15(9-11-17)14-23-27-21(24-25-22(27)31)16-12-18(28-3)20(30-5)19(13-16)29-4/h8-14H,6-7H2,1-5H3,(H,25,31)/b23-14-. The second-order valence-electron chi connectivity index (χ2n) is 6.59. The van der Waals surface area contributed by atoms with Gasteiger partial charge in [0.1, 0.15) is 0 Å². The fraction of sp³-hybridized carbons (Fsp3) is 0.318. The summed E-state index contributed by atoms with van der Waals surface area (Å²) in [6, 6.07) is 11.8. The molecule has 31 heavy (non-hydrogen) atoms. The second kappa shape index (κ2) is 10.1. The van der Waals surface area contributed by atoms with Gasteiger partial charge < -0.3 is 19.1 Å². The molecule has 0 fully saturated rings. The molecule has 9 heteroatoms. The number of ether oxygens (including phenoxy) is 3. The predicted octanol–water partition coefficient (Wildman–Crippen LogP) is 4.36. The van der Waals surface area contributed by atoms with Crippen molar-refractivity contribution in [3.05, 3.63) is 46.7 Å². The lowest BCUT2D eigenvalue weighted by molar-refractivity contribution is 0.324. The molecule has 0 amide bonds. The van der Waals surface area contributed by atoms with Gasteiger partial charge in [0, 0.05) is 24.3 Å². The number of nitrogens with one attached hydrogen (secondary N) is 1. The lowest BCUT2D eigenvalue weighted by Crippen LogP contribution is -2.21. The summed E-state index contributed by atoms with van der Waals surface area (Å²) in [6.07, 6.45) is 1.75. The molecular formula is C22H27N5O3S. The van der Waals surface area contributed by atoms with Gasteiger partial charge in [0.25, 0.3) is 0 Å². The van der Waals surface area contributed by atoms with Gasteiger partial charge in [-0.25, -0.2) is 5.10 Å². The third-order valence-corrected chi connectivity index (χ3v) is 5.18. The van der Waals surface area contributed by atoms with Crippen LogP contribution in [0.3, 0.4) is 0 Å².